The second-order valence-corrected chi connectivity index (χ2v) is 3.99. The average Bonchev–Trinajstić information content (AvgIpc) is 2.37. The Kier molecular flexibility index (Phi) is 3.29. The van der Waals surface area contributed by atoms with Gasteiger partial charge in [-0.1, -0.05) is 6.92 Å². The zero-order valence-electron chi connectivity index (χ0n) is 9.60. The van der Waals surface area contributed by atoms with Crippen molar-refractivity contribution >= 4 is 5.78 Å². The van der Waals surface area contributed by atoms with Crippen LogP contribution >= 0.6 is 0 Å². The molecule has 0 bridgehead atoms. The number of benzene rings is 1. The van der Waals surface area contributed by atoms with Gasteiger partial charge in [-0.05, 0) is 18.2 Å². The number of carbonyl (C=O) groups excluding carboxylic acids is 1. The maximum Gasteiger partial charge on any atom is 0.166 e. The first-order valence-electron chi connectivity index (χ1n) is 5.53. The number of rotatable bonds is 3. The van der Waals surface area contributed by atoms with Gasteiger partial charge in [-0.3, -0.25) is 4.79 Å². The summed E-state index contributed by atoms with van der Waals surface area (Å²) in [6, 6.07) is 7.14. The van der Waals surface area contributed by atoms with E-state index < -0.39 is 0 Å². The fraction of sp³-hybridized carbons (Fsp3) is 0.385. The molecule has 4 heteroatoms. The van der Waals surface area contributed by atoms with Crippen molar-refractivity contribution in [1.82, 2.24) is 0 Å². The van der Waals surface area contributed by atoms with Crippen molar-refractivity contribution in [2.45, 2.75) is 13.3 Å². The van der Waals surface area contributed by atoms with Crippen LogP contribution in [0.1, 0.15) is 23.7 Å². The summed E-state index contributed by atoms with van der Waals surface area (Å²) in [5, 5.41) is 8.58. The molecule has 0 fully saturated rings. The number of hydrogen-bond donors (Lipinski definition) is 0. The van der Waals surface area contributed by atoms with Crippen LogP contribution in [0.15, 0.2) is 18.2 Å². The SMILES string of the molecule is CC(CC#N)C(=O)c1ccc2c(c1)OCCO2. The Hall–Kier alpha value is -2.02. The monoisotopic (exact) mass is 231 g/mol. The number of nitrogens with zero attached hydrogens (tertiary/aromatic N) is 1. The summed E-state index contributed by atoms with van der Waals surface area (Å²) in [5.41, 5.74) is 0.567. The minimum atomic E-state index is -0.289. The number of nitriles is 1. The van der Waals surface area contributed by atoms with E-state index in [0.29, 0.717) is 30.3 Å². The van der Waals surface area contributed by atoms with E-state index in [2.05, 4.69) is 0 Å². The van der Waals surface area contributed by atoms with Gasteiger partial charge in [0.1, 0.15) is 13.2 Å². The smallest absolute Gasteiger partial charge is 0.166 e. The third-order valence-electron chi connectivity index (χ3n) is 2.67. The largest absolute Gasteiger partial charge is 0.486 e. The van der Waals surface area contributed by atoms with Gasteiger partial charge in [0.05, 0.1) is 6.07 Å². The van der Waals surface area contributed by atoms with Crippen molar-refractivity contribution in [2.75, 3.05) is 13.2 Å². The van der Waals surface area contributed by atoms with Gasteiger partial charge in [0, 0.05) is 17.9 Å². The van der Waals surface area contributed by atoms with Crippen LogP contribution in [0.2, 0.25) is 0 Å². The van der Waals surface area contributed by atoms with Crippen LogP contribution in [0, 0.1) is 17.2 Å². The summed E-state index contributed by atoms with van der Waals surface area (Å²) in [6.45, 7) is 2.78. The summed E-state index contributed by atoms with van der Waals surface area (Å²) in [6.07, 6.45) is 0.229. The van der Waals surface area contributed by atoms with E-state index in [9.17, 15) is 4.79 Å². The van der Waals surface area contributed by atoms with Gasteiger partial charge in [0.25, 0.3) is 0 Å². The Bertz CT molecular complexity index is 476. The summed E-state index contributed by atoms with van der Waals surface area (Å²) in [4.78, 5) is 12.0. The lowest BCUT2D eigenvalue weighted by Gasteiger charge is -2.19. The lowest BCUT2D eigenvalue weighted by Crippen LogP contribution is -2.16. The van der Waals surface area contributed by atoms with Crippen LogP contribution in [0.3, 0.4) is 0 Å². The van der Waals surface area contributed by atoms with Gasteiger partial charge in [-0.2, -0.15) is 5.26 Å². The molecule has 1 heterocycles. The molecule has 2 rings (SSSR count). The zero-order valence-corrected chi connectivity index (χ0v) is 9.60. The molecule has 0 saturated carbocycles. The number of hydrogen-bond acceptors (Lipinski definition) is 4. The molecule has 4 nitrogen and oxygen atoms in total. The molecule has 0 radical (unpaired) electrons. The Morgan fingerprint density at radius 2 is 2.12 bits per heavy atom. The molecule has 1 aromatic rings. The van der Waals surface area contributed by atoms with Gasteiger partial charge in [0.2, 0.25) is 0 Å². The molecule has 1 aromatic carbocycles. The van der Waals surface area contributed by atoms with Crippen molar-refractivity contribution in [3.63, 3.8) is 0 Å². The van der Waals surface area contributed by atoms with E-state index in [1.54, 1.807) is 25.1 Å². The molecule has 0 aromatic heterocycles. The predicted molar refractivity (Wildman–Crippen MR) is 61.2 cm³/mol. The number of fused-ring (bicyclic) bond motifs is 1. The molecule has 0 saturated heterocycles. The van der Waals surface area contributed by atoms with Gasteiger partial charge >= 0.3 is 0 Å². The molecule has 0 spiro atoms. The zero-order chi connectivity index (χ0) is 12.3. The van der Waals surface area contributed by atoms with E-state index >= 15 is 0 Å². The molecular formula is C13H13NO3. The third-order valence-corrected chi connectivity index (χ3v) is 2.67. The molecule has 0 N–H and O–H groups in total. The van der Waals surface area contributed by atoms with E-state index in [4.69, 9.17) is 14.7 Å². The van der Waals surface area contributed by atoms with Gasteiger partial charge in [-0.25, -0.2) is 0 Å². The highest BCUT2D eigenvalue weighted by Crippen LogP contribution is 2.31. The van der Waals surface area contributed by atoms with Crippen molar-refractivity contribution in [1.29, 1.82) is 5.26 Å². The van der Waals surface area contributed by atoms with E-state index in [0.717, 1.165) is 0 Å². The lowest BCUT2D eigenvalue weighted by molar-refractivity contribution is 0.0930. The summed E-state index contributed by atoms with van der Waals surface area (Å²) < 4.78 is 10.8. The Morgan fingerprint density at radius 3 is 2.82 bits per heavy atom. The summed E-state index contributed by atoms with van der Waals surface area (Å²) >= 11 is 0. The molecule has 17 heavy (non-hydrogen) atoms. The van der Waals surface area contributed by atoms with Crippen molar-refractivity contribution in [3.8, 4) is 17.6 Å². The van der Waals surface area contributed by atoms with Crippen LogP contribution in [-0.4, -0.2) is 19.0 Å². The molecule has 0 amide bonds. The van der Waals surface area contributed by atoms with Crippen LogP contribution in [0.5, 0.6) is 11.5 Å². The standard InChI is InChI=1S/C13H13NO3/c1-9(4-5-14)13(15)10-2-3-11-12(8-10)17-7-6-16-11/h2-3,8-9H,4,6-7H2,1H3. The fourth-order valence-corrected chi connectivity index (χ4v) is 1.71. The van der Waals surface area contributed by atoms with Crippen LogP contribution in [0.4, 0.5) is 0 Å². The molecule has 1 aliphatic rings. The van der Waals surface area contributed by atoms with E-state index in [1.165, 1.54) is 0 Å². The maximum absolute atomic E-state index is 12.0. The average molecular weight is 231 g/mol. The van der Waals surface area contributed by atoms with Crippen LogP contribution < -0.4 is 9.47 Å². The van der Waals surface area contributed by atoms with Gasteiger partial charge in [-0.15, -0.1) is 0 Å². The normalized spacial score (nSPS) is 14.8. The fourth-order valence-electron chi connectivity index (χ4n) is 1.71. The maximum atomic E-state index is 12.0. The molecule has 1 unspecified atom stereocenters. The number of Topliss-reactive ketones (excluding diaryl/α,β-unsaturated/α-hetero) is 1. The Balaban J connectivity index is 2.22. The first kappa shape index (κ1) is 11.5. The quantitative estimate of drug-likeness (QED) is 0.748. The highest BCUT2D eigenvalue weighted by molar-refractivity contribution is 5.98. The number of carbonyl (C=O) groups is 1. The predicted octanol–water partition coefficient (Wildman–Crippen LogP) is 2.19. The minimum absolute atomic E-state index is 0.0384. The van der Waals surface area contributed by atoms with Crippen molar-refractivity contribution in [2.24, 2.45) is 5.92 Å². The Morgan fingerprint density at radius 1 is 1.41 bits per heavy atom. The topological polar surface area (TPSA) is 59.3 Å². The minimum Gasteiger partial charge on any atom is -0.486 e. The highest BCUT2D eigenvalue weighted by Gasteiger charge is 2.18. The highest BCUT2D eigenvalue weighted by atomic mass is 16.6. The number of ketones is 1. The second kappa shape index (κ2) is 4.88. The molecule has 1 aliphatic heterocycles. The van der Waals surface area contributed by atoms with Crippen molar-refractivity contribution < 1.29 is 14.3 Å². The molecule has 88 valence electrons. The number of ether oxygens (including phenoxy) is 2. The van der Waals surface area contributed by atoms with Crippen molar-refractivity contribution in [3.05, 3.63) is 23.8 Å². The molecule has 1 atom stereocenters. The van der Waals surface area contributed by atoms with Gasteiger partial charge in [0.15, 0.2) is 17.3 Å². The summed E-state index contributed by atoms with van der Waals surface area (Å²) in [7, 11) is 0. The first-order chi connectivity index (χ1) is 8.22. The van der Waals surface area contributed by atoms with E-state index in [1.807, 2.05) is 6.07 Å². The Labute approximate surface area is 99.8 Å². The third kappa shape index (κ3) is 2.39. The van der Waals surface area contributed by atoms with E-state index in [-0.39, 0.29) is 18.1 Å². The van der Waals surface area contributed by atoms with Crippen LogP contribution in [-0.2, 0) is 0 Å². The second-order valence-electron chi connectivity index (χ2n) is 3.99. The first-order valence-corrected chi connectivity index (χ1v) is 5.53. The molecular weight excluding hydrogens is 218 g/mol. The van der Waals surface area contributed by atoms with Gasteiger partial charge < -0.3 is 9.47 Å². The molecule has 0 aliphatic carbocycles. The summed E-state index contributed by atoms with van der Waals surface area (Å²) in [5.74, 6) is 0.943. The lowest BCUT2D eigenvalue weighted by atomic mass is 9.97. The van der Waals surface area contributed by atoms with Crippen LogP contribution in [0.25, 0.3) is 0 Å².